The predicted octanol–water partition coefficient (Wildman–Crippen LogP) is 1.75. The number of nitriles is 1. The van der Waals surface area contributed by atoms with Gasteiger partial charge in [-0.3, -0.25) is 4.79 Å². The van der Waals surface area contributed by atoms with Crippen molar-refractivity contribution in [3.05, 3.63) is 62.8 Å². The molecule has 0 rings (SSSR count). The molecule has 0 spiro atoms. The second-order valence-corrected chi connectivity index (χ2v) is 4.19. The van der Waals surface area contributed by atoms with Gasteiger partial charge in [0, 0.05) is 23.8 Å². The first-order valence-corrected chi connectivity index (χ1v) is 8.28. The lowest BCUT2D eigenvalue weighted by Gasteiger charge is -1.91. The van der Waals surface area contributed by atoms with E-state index in [2.05, 4.69) is 52.4 Å². The molecule has 1 amide bonds. The number of hydrogen-bond acceptors (Lipinski definition) is 9. The third-order valence-electron chi connectivity index (χ3n) is 1.88. The molecular weight excluding hydrogens is 408 g/mol. The number of nitrogens with zero attached hydrogens (tertiary/aromatic N) is 1. The van der Waals surface area contributed by atoms with Crippen molar-refractivity contribution in [1.82, 2.24) is 5.32 Å². The molecule has 0 aromatic carbocycles. The zero-order valence-electron chi connectivity index (χ0n) is 18.5. The van der Waals surface area contributed by atoms with E-state index in [1.165, 1.54) is 20.3 Å². The second-order valence-electron chi connectivity index (χ2n) is 4.19. The first-order valence-electron chi connectivity index (χ1n) is 8.28. The van der Waals surface area contributed by atoms with Gasteiger partial charge >= 0.3 is 17.9 Å². The SMILES string of the molecule is C=C(C)C(=O)OC.C=CC#N.C=CC(=O)NCO.C=CC(=O)OC.C=CC(=O)OCC. The molecule has 0 radical (unpaired) electrons. The number of carbonyl (C=O) groups excluding carboxylic acids is 4. The maximum atomic E-state index is 10.2. The number of ether oxygens (including phenoxy) is 3. The Hall–Kier alpha value is -3.97. The van der Waals surface area contributed by atoms with Crippen LogP contribution in [0.5, 0.6) is 0 Å². The Morgan fingerprint density at radius 1 is 1.00 bits per heavy atom. The van der Waals surface area contributed by atoms with E-state index < -0.39 is 5.97 Å². The van der Waals surface area contributed by atoms with Gasteiger partial charge in [-0.25, -0.2) is 14.4 Å². The zero-order chi connectivity index (χ0) is 25.7. The monoisotopic (exact) mass is 440 g/mol. The van der Waals surface area contributed by atoms with E-state index in [9.17, 15) is 19.2 Å². The maximum Gasteiger partial charge on any atom is 0.332 e. The highest BCUT2D eigenvalue weighted by Gasteiger charge is 1.95. The normalized spacial score (nSPS) is 6.97. The Balaban J connectivity index is -0.0000000920. The van der Waals surface area contributed by atoms with Gasteiger partial charge in [0.2, 0.25) is 5.91 Å². The molecular formula is C21H32N2O8. The van der Waals surface area contributed by atoms with Crippen molar-refractivity contribution in [2.45, 2.75) is 13.8 Å². The molecule has 0 saturated carbocycles. The minimum Gasteiger partial charge on any atom is -0.466 e. The smallest absolute Gasteiger partial charge is 0.332 e. The van der Waals surface area contributed by atoms with Gasteiger partial charge in [0.25, 0.3) is 0 Å². The van der Waals surface area contributed by atoms with Crippen molar-refractivity contribution in [3.8, 4) is 6.07 Å². The largest absolute Gasteiger partial charge is 0.466 e. The number of aliphatic hydroxyl groups is 1. The molecule has 0 aliphatic heterocycles. The van der Waals surface area contributed by atoms with E-state index in [0.29, 0.717) is 12.2 Å². The van der Waals surface area contributed by atoms with Gasteiger partial charge in [0.05, 0.1) is 26.9 Å². The molecule has 0 aromatic rings. The molecule has 0 atom stereocenters. The van der Waals surface area contributed by atoms with Crippen LogP contribution >= 0.6 is 0 Å². The number of aliphatic hydroxyl groups excluding tert-OH is 1. The summed E-state index contributed by atoms with van der Waals surface area (Å²) in [6.45, 7) is 19.4. The standard InChI is InChI=1S/2C5H8O2.C4H7NO2.C4H6O2.C3H3N/c1-4(2)5(6)7-3;1-3-5(6)7-4-2;1-2-4(7)5-3-6;1-3-4(5)6-2;1-2-3-4/h1H2,2-3H3;3H,1,4H2,2H3;2,6H,1,3H2,(H,5,7);3H,1H2,2H3;2H,1H2. The summed E-state index contributed by atoms with van der Waals surface area (Å²) in [6.07, 6.45) is 4.53. The molecule has 10 heteroatoms. The van der Waals surface area contributed by atoms with Gasteiger partial charge in [-0.2, -0.15) is 5.26 Å². The Morgan fingerprint density at radius 2 is 1.45 bits per heavy atom. The number of allylic oxidation sites excluding steroid dienone is 1. The zero-order valence-corrected chi connectivity index (χ0v) is 18.5. The summed E-state index contributed by atoms with van der Waals surface area (Å²) in [4.78, 5) is 40.1. The van der Waals surface area contributed by atoms with Crippen LogP contribution in [0.1, 0.15) is 13.8 Å². The molecule has 0 unspecified atom stereocenters. The first-order chi connectivity index (χ1) is 14.5. The summed E-state index contributed by atoms with van der Waals surface area (Å²) in [5.41, 5.74) is 0.433. The third kappa shape index (κ3) is 51.8. The van der Waals surface area contributed by atoms with Crippen LogP contribution in [0.25, 0.3) is 0 Å². The quantitative estimate of drug-likeness (QED) is 0.207. The Kier molecular flexibility index (Phi) is 40.9. The number of rotatable bonds is 6. The summed E-state index contributed by atoms with van der Waals surface area (Å²) in [5.74, 6) is -1.46. The number of methoxy groups -OCH3 is 2. The van der Waals surface area contributed by atoms with Gasteiger partial charge in [-0.1, -0.05) is 32.9 Å². The minimum absolute atomic E-state index is 0.329. The summed E-state index contributed by atoms with van der Waals surface area (Å²) in [6, 6.07) is 1.69. The highest BCUT2D eigenvalue weighted by molar-refractivity contribution is 5.87. The van der Waals surface area contributed by atoms with Crippen LogP contribution in [0.15, 0.2) is 62.8 Å². The Labute approximate surface area is 183 Å². The van der Waals surface area contributed by atoms with Crippen LogP contribution in [0.3, 0.4) is 0 Å². The average Bonchev–Trinajstić information content (AvgIpc) is 2.79. The van der Waals surface area contributed by atoms with Crippen molar-refractivity contribution in [2.75, 3.05) is 27.6 Å². The van der Waals surface area contributed by atoms with Gasteiger partial charge < -0.3 is 24.6 Å². The van der Waals surface area contributed by atoms with Gasteiger partial charge in [-0.05, 0) is 19.9 Å². The molecule has 0 aliphatic rings. The molecule has 0 aromatic heterocycles. The highest BCUT2D eigenvalue weighted by atomic mass is 16.5. The lowest BCUT2D eigenvalue weighted by atomic mass is 10.4. The van der Waals surface area contributed by atoms with Crippen molar-refractivity contribution >= 4 is 23.8 Å². The van der Waals surface area contributed by atoms with E-state index >= 15 is 0 Å². The lowest BCUT2D eigenvalue weighted by Crippen LogP contribution is -2.20. The summed E-state index contributed by atoms with van der Waals surface area (Å²) < 4.78 is 12.8. The number of nitrogens with one attached hydrogen (secondary N) is 1. The van der Waals surface area contributed by atoms with Crippen LogP contribution < -0.4 is 5.32 Å². The molecule has 10 nitrogen and oxygen atoms in total. The first kappa shape index (κ1) is 37.7. The van der Waals surface area contributed by atoms with Crippen LogP contribution in [0, 0.1) is 11.3 Å². The molecule has 0 saturated heterocycles. The van der Waals surface area contributed by atoms with Crippen molar-refractivity contribution in [1.29, 1.82) is 5.26 Å². The topological polar surface area (TPSA) is 152 Å². The van der Waals surface area contributed by atoms with Crippen LogP contribution in [-0.2, 0) is 33.4 Å². The molecule has 31 heavy (non-hydrogen) atoms. The van der Waals surface area contributed by atoms with E-state index in [4.69, 9.17) is 10.4 Å². The number of hydrogen-bond donors (Lipinski definition) is 2. The van der Waals surface area contributed by atoms with Gasteiger partial charge in [0.1, 0.15) is 6.73 Å². The van der Waals surface area contributed by atoms with Crippen LogP contribution in [0.2, 0.25) is 0 Å². The maximum absolute atomic E-state index is 10.2. The molecule has 0 bridgehead atoms. The number of amides is 1. The Morgan fingerprint density at radius 3 is 1.52 bits per heavy atom. The fraction of sp³-hybridized carbons (Fsp3) is 0.286. The fourth-order valence-electron chi connectivity index (χ4n) is 0.609. The number of carbonyl (C=O) groups is 4. The molecule has 0 heterocycles. The van der Waals surface area contributed by atoms with Crippen molar-refractivity contribution < 1.29 is 38.5 Å². The fourth-order valence-corrected chi connectivity index (χ4v) is 0.609. The van der Waals surface area contributed by atoms with E-state index in [1.807, 2.05) is 0 Å². The molecule has 174 valence electrons. The van der Waals surface area contributed by atoms with Gasteiger partial charge in [0.15, 0.2) is 0 Å². The van der Waals surface area contributed by atoms with Crippen LogP contribution in [0.4, 0.5) is 0 Å². The molecule has 0 fully saturated rings. The predicted molar refractivity (Wildman–Crippen MR) is 117 cm³/mol. The Bertz CT molecular complexity index is 595. The van der Waals surface area contributed by atoms with Crippen LogP contribution in [-0.4, -0.2) is 56.5 Å². The van der Waals surface area contributed by atoms with E-state index in [-0.39, 0.29) is 24.6 Å². The minimum atomic E-state index is -0.394. The molecule has 2 N–H and O–H groups in total. The highest BCUT2D eigenvalue weighted by Crippen LogP contribution is 1.87. The van der Waals surface area contributed by atoms with Crippen molar-refractivity contribution in [2.24, 2.45) is 0 Å². The summed E-state index contributed by atoms with van der Waals surface area (Å²) in [7, 11) is 2.64. The molecule has 0 aliphatic carbocycles. The van der Waals surface area contributed by atoms with E-state index in [1.54, 1.807) is 19.9 Å². The summed E-state index contributed by atoms with van der Waals surface area (Å²) in [5, 5.41) is 17.6. The summed E-state index contributed by atoms with van der Waals surface area (Å²) >= 11 is 0. The van der Waals surface area contributed by atoms with Crippen molar-refractivity contribution in [3.63, 3.8) is 0 Å². The average molecular weight is 440 g/mol. The lowest BCUT2D eigenvalue weighted by molar-refractivity contribution is -0.137. The van der Waals surface area contributed by atoms with E-state index in [0.717, 1.165) is 18.2 Å². The van der Waals surface area contributed by atoms with Gasteiger partial charge in [-0.15, -0.1) is 0 Å². The number of esters is 3. The third-order valence-corrected chi connectivity index (χ3v) is 1.88. The second kappa shape index (κ2) is 33.6.